The van der Waals surface area contributed by atoms with Crippen LogP contribution in [0.5, 0.6) is 0 Å². The van der Waals surface area contributed by atoms with E-state index in [2.05, 4.69) is 40.4 Å². The third kappa shape index (κ3) is 3.76. The predicted octanol–water partition coefficient (Wildman–Crippen LogP) is 3.06. The van der Waals surface area contributed by atoms with Gasteiger partial charge in [-0.2, -0.15) is 0 Å². The van der Waals surface area contributed by atoms with Gasteiger partial charge in [-0.25, -0.2) is 0 Å². The van der Waals surface area contributed by atoms with E-state index in [4.69, 9.17) is 4.43 Å². The van der Waals surface area contributed by atoms with E-state index in [0.717, 1.165) is 0 Å². The maximum absolute atomic E-state index is 10.6. The zero-order chi connectivity index (χ0) is 11.4. The number of rotatable bonds is 5. The number of carbonyl (C=O) groups excluding carboxylic acids is 1. The van der Waals surface area contributed by atoms with Gasteiger partial charge in [-0.1, -0.05) is 26.8 Å². The molecule has 0 aromatic rings. The summed E-state index contributed by atoms with van der Waals surface area (Å²) in [6, 6.07) is 0. The van der Waals surface area contributed by atoms with Crippen molar-refractivity contribution < 1.29 is 9.22 Å². The second kappa shape index (κ2) is 4.89. The molecule has 1 radical (unpaired) electrons. The Kier molecular flexibility index (Phi) is 4.75. The molecule has 0 aliphatic carbocycles. The van der Waals surface area contributed by atoms with E-state index in [1.807, 2.05) is 6.29 Å². The molecule has 0 amide bonds. The summed E-state index contributed by atoms with van der Waals surface area (Å²) in [5.74, 6) is 0. The van der Waals surface area contributed by atoms with E-state index >= 15 is 0 Å². The largest absolute Gasteiger partial charge is 0.406 e. The molecule has 0 aromatic carbocycles. The van der Waals surface area contributed by atoms with Crippen LogP contribution in [0.3, 0.4) is 0 Å². The van der Waals surface area contributed by atoms with Crippen molar-refractivity contribution in [3.63, 3.8) is 0 Å². The fraction of sp³-hybridized carbons (Fsp3) is 0.727. The molecule has 0 saturated heterocycles. The third-order valence-electron chi connectivity index (χ3n) is 2.76. The summed E-state index contributed by atoms with van der Waals surface area (Å²) in [6.07, 6.45) is 3.73. The van der Waals surface area contributed by atoms with E-state index < -0.39 is 14.4 Å². The molecule has 3 heteroatoms. The Hall–Kier alpha value is -0.413. The van der Waals surface area contributed by atoms with Gasteiger partial charge in [0.05, 0.1) is 0 Å². The summed E-state index contributed by atoms with van der Waals surface area (Å²) in [5, 5.41) is 0.128. The first kappa shape index (κ1) is 13.6. The molecule has 1 unspecified atom stereocenters. The van der Waals surface area contributed by atoms with Gasteiger partial charge in [-0.3, -0.25) is 4.79 Å². The SMILES string of the molecule is C=CCC([C]=O)O[Si](C)(C)C(C)(C)C. The number of hydrogen-bond acceptors (Lipinski definition) is 2. The normalized spacial score (nSPS) is 14.9. The molecule has 0 N–H and O–H groups in total. The van der Waals surface area contributed by atoms with Crippen molar-refractivity contribution in [3.05, 3.63) is 12.7 Å². The predicted molar refractivity (Wildman–Crippen MR) is 62.6 cm³/mol. The van der Waals surface area contributed by atoms with Crippen LogP contribution < -0.4 is 0 Å². The van der Waals surface area contributed by atoms with Crippen LogP contribution in [0, 0.1) is 0 Å². The molecule has 0 saturated carbocycles. The highest BCUT2D eigenvalue weighted by atomic mass is 28.4. The van der Waals surface area contributed by atoms with Gasteiger partial charge in [0.25, 0.3) is 0 Å². The molecule has 81 valence electrons. The number of hydrogen-bond donors (Lipinski definition) is 0. The quantitative estimate of drug-likeness (QED) is 0.518. The van der Waals surface area contributed by atoms with Crippen molar-refractivity contribution in [3.8, 4) is 0 Å². The zero-order valence-electron chi connectivity index (χ0n) is 9.89. The topological polar surface area (TPSA) is 26.3 Å². The molecule has 2 nitrogen and oxygen atoms in total. The van der Waals surface area contributed by atoms with E-state index in [9.17, 15) is 4.79 Å². The first-order valence-corrected chi connectivity index (χ1v) is 7.82. The Labute approximate surface area is 88.5 Å². The molecular weight excluding hydrogens is 192 g/mol. The second-order valence-electron chi connectivity index (χ2n) is 5.01. The maximum atomic E-state index is 10.6. The van der Waals surface area contributed by atoms with Gasteiger partial charge >= 0.3 is 0 Å². The highest BCUT2D eigenvalue weighted by Gasteiger charge is 2.38. The summed E-state index contributed by atoms with van der Waals surface area (Å²) in [4.78, 5) is 10.6. The zero-order valence-corrected chi connectivity index (χ0v) is 10.9. The lowest BCUT2D eigenvalue weighted by Gasteiger charge is -2.37. The van der Waals surface area contributed by atoms with Gasteiger partial charge in [0.2, 0.25) is 6.29 Å². The molecule has 1 atom stereocenters. The van der Waals surface area contributed by atoms with Gasteiger partial charge in [0, 0.05) is 0 Å². The van der Waals surface area contributed by atoms with Gasteiger partial charge in [0.1, 0.15) is 6.10 Å². The second-order valence-corrected chi connectivity index (χ2v) is 9.77. The van der Waals surface area contributed by atoms with Crippen molar-refractivity contribution in [2.75, 3.05) is 0 Å². The third-order valence-corrected chi connectivity index (χ3v) is 7.24. The van der Waals surface area contributed by atoms with Crippen LogP contribution in [-0.2, 0) is 9.22 Å². The van der Waals surface area contributed by atoms with Crippen LogP contribution in [0.25, 0.3) is 0 Å². The Morgan fingerprint density at radius 2 is 2.00 bits per heavy atom. The minimum absolute atomic E-state index is 0.128. The Bertz CT molecular complexity index is 204. The fourth-order valence-electron chi connectivity index (χ4n) is 0.804. The standard InChI is InChI=1S/C11H21O2Si/c1-7-8-10(9-12)13-14(5,6)11(2,3)4/h7,10H,1,8H2,2-6H3. The molecular formula is C11H21O2Si. The smallest absolute Gasteiger partial charge is 0.228 e. The van der Waals surface area contributed by atoms with Crippen LogP contribution in [0.4, 0.5) is 0 Å². The van der Waals surface area contributed by atoms with Gasteiger partial charge in [-0.15, -0.1) is 6.58 Å². The Balaban J connectivity index is 4.46. The van der Waals surface area contributed by atoms with E-state index in [1.165, 1.54) is 0 Å². The minimum Gasteiger partial charge on any atom is -0.406 e. The summed E-state index contributed by atoms with van der Waals surface area (Å²) >= 11 is 0. The summed E-state index contributed by atoms with van der Waals surface area (Å²) in [5.41, 5.74) is 0. The van der Waals surface area contributed by atoms with Gasteiger partial charge in [-0.05, 0) is 24.6 Å². The Morgan fingerprint density at radius 1 is 1.50 bits per heavy atom. The molecule has 0 aliphatic heterocycles. The van der Waals surface area contributed by atoms with E-state index in [0.29, 0.717) is 6.42 Å². The van der Waals surface area contributed by atoms with Crippen molar-refractivity contribution in [1.29, 1.82) is 0 Å². The average Bonchev–Trinajstić information content (AvgIpc) is 2.01. The van der Waals surface area contributed by atoms with Crippen LogP contribution in [0.15, 0.2) is 12.7 Å². The maximum Gasteiger partial charge on any atom is 0.228 e. The highest BCUT2D eigenvalue weighted by molar-refractivity contribution is 6.74. The summed E-state index contributed by atoms with van der Waals surface area (Å²) in [6.45, 7) is 14.3. The monoisotopic (exact) mass is 213 g/mol. The van der Waals surface area contributed by atoms with Crippen LogP contribution in [0.1, 0.15) is 27.2 Å². The molecule has 0 aliphatic rings. The summed E-state index contributed by atoms with van der Waals surface area (Å²) < 4.78 is 5.84. The fourth-order valence-corrected chi connectivity index (χ4v) is 2.01. The Morgan fingerprint density at radius 3 is 2.29 bits per heavy atom. The molecule has 0 bridgehead atoms. The molecule has 0 aromatic heterocycles. The van der Waals surface area contributed by atoms with E-state index in [-0.39, 0.29) is 5.04 Å². The minimum atomic E-state index is -1.84. The van der Waals surface area contributed by atoms with Gasteiger partial charge < -0.3 is 4.43 Å². The van der Waals surface area contributed by atoms with Crippen LogP contribution in [-0.4, -0.2) is 20.7 Å². The molecule has 14 heavy (non-hydrogen) atoms. The average molecular weight is 213 g/mol. The lowest BCUT2D eigenvalue weighted by molar-refractivity contribution is 0.238. The lowest BCUT2D eigenvalue weighted by Crippen LogP contribution is -2.44. The first-order chi connectivity index (χ1) is 6.24. The summed E-state index contributed by atoms with van der Waals surface area (Å²) in [7, 11) is -1.84. The van der Waals surface area contributed by atoms with Crippen LogP contribution >= 0.6 is 0 Å². The molecule has 0 fully saturated rings. The molecule has 0 spiro atoms. The first-order valence-electron chi connectivity index (χ1n) is 4.91. The van der Waals surface area contributed by atoms with Crippen molar-refractivity contribution >= 4 is 14.6 Å². The van der Waals surface area contributed by atoms with Crippen molar-refractivity contribution in [2.45, 2.75) is 51.4 Å². The molecule has 0 rings (SSSR count). The van der Waals surface area contributed by atoms with E-state index in [1.54, 1.807) is 6.08 Å². The highest BCUT2D eigenvalue weighted by Crippen LogP contribution is 2.37. The molecule has 0 heterocycles. The van der Waals surface area contributed by atoms with Gasteiger partial charge in [0.15, 0.2) is 8.32 Å². The van der Waals surface area contributed by atoms with Crippen molar-refractivity contribution in [2.24, 2.45) is 0 Å². The van der Waals surface area contributed by atoms with Crippen molar-refractivity contribution in [1.82, 2.24) is 0 Å². The lowest BCUT2D eigenvalue weighted by atomic mass is 10.2. The van der Waals surface area contributed by atoms with Crippen LogP contribution in [0.2, 0.25) is 18.1 Å².